The van der Waals surface area contributed by atoms with Gasteiger partial charge in [0.15, 0.2) is 5.75 Å². The van der Waals surface area contributed by atoms with Crippen molar-refractivity contribution in [1.82, 2.24) is 9.47 Å². The molecule has 1 unspecified atom stereocenters. The van der Waals surface area contributed by atoms with Crippen LogP contribution in [0.1, 0.15) is 47.6 Å². The number of ether oxygens (including phenoxy) is 1. The van der Waals surface area contributed by atoms with E-state index in [1.165, 1.54) is 11.1 Å². The van der Waals surface area contributed by atoms with Gasteiger partial charge in [-0.1, -0.05) is 17.8 Å². The highest BCUT2D eigenvalue weighted by Crippen LogP contribution is 2.49. The van der Waals surface area contributed by atoms with Gasteiger partial charge in [-0.05, 0) is 43.7 Å². The van der Waals surface area contributed by atoms with Crippen molar-refractivity contribution in [2.24, 2.45) is 5.92 Å². The number of methoxy groups -OCH3 is 1. The molecule has 5 rings (SSSR count). The van der Waals surface area contributed by atoms with Gasteiger partial charge >= 0.3 is 5.97 Å². The maximum atomic E-state index is 12.9. The molecule has 0 amide bonds. The zero-order valence-electron chi connectivity index (χ0n) is 17.1. The minimum Gasteiger partial charge on any atom is -0.494 e. The number of fused-ring (bicyclic) bond motifs is 2. The summed E-state index contributed by atoms with van der Waals surface area (Å²) in [6.07, 6.45) is 10.1. The van der Waals surface area contributed by atoms with Crippen LogP contribution in [-0.2, 0) is 0 Å². The van der Waals surface area contributed by atoms with Crippen molar-refractivity contribution in [2.45, 2.75) is 31.7 Å². The molecule has 0 spiro atoms. The third-order valence-electron chi connectivity index (χ3n) is 6.18. The standard InChI is InChI=1S/C23H24N2O4S/c1-24-10-9-13-3-8-18(30-19(13)12-24)15-6-7-16-20(22(15)29-2)25(14-4-5-14)11-17(21(16)26)23(27)28/h6-8,11-14H,3-5,9-10H2,1-2H3,(H,27,28). The predicted octanol–water partition coefficient (Wildman–Crippen LogP) is 4.31. The van der Waals surface area contributed by atoms with Crippen LogP contribution in [0.3, 0.4) is 0 Å². The van der Waals surface area contributed by atoms with Gasteiger partial charge in [0, 0.05) is 47.4 Å². The summed E-state index contributed by atoms with van der Waals surface area (Å²) in [5, 5.41) is 9.90. The Morgan fingerprint density at radius 1 is 1.27 bits per heavy atom. The van der Waals surface area contributed by atoms with Gasteiger partial charge in [0.2, 0.25) is 5.43 Å². The molecule has 1 saturated carbocycles. The average Bonchev–Trinajstić information content (AvgIpc) is 3.57. The Morgan fingerprint density at radius 3 is 2.77 bits per heavy atom. The Balaban J connectivity index is 1.69. The van der Waals surface area contributed by atoms with Crippen LogP contribution in [0, 0.1) is 5.92 Å². The molecule has 1 N–H and O–H groups in total. The Kier molecular flexibility index (Phi) is 4.65. The summed E-state index contributed by atoms with van der Waals surface area (Å²) in [5.41, 5.74) is 1.01. The Bertz CT molecular complexity index is 1180. The maximum absolute atomic E-state index is 12.9. The molecule has 156 valence electrons. The van der Waals surface area contributed by atoms with Crippen molar-refractivity contribution in [1.29, 1.82) is 0 Å². The molecular weight excluding hydrogens is 400 g/mol. The van der Waals surface area contributed by atoms with E-state index in [0.29, 0.717) is 22.6 Å². The Hall–Kier alpha value is -2.67. The molecule has 1 aliphatic carbocycles. The largest absolute Gasteiger partial charge is 0.494 e. The quantitative estimate of drug-likeness (QED) is 0.788. The van der Waals surface area contributed by atoms with E-state index in [0.717, 1.165) is 42.7 Å². The summed E-state index contributed by atoms with van der Waals surface area (Å²) >= 11 is 1.77. The third kappa shape index (κ3) is 3.12. The second-order valence-corrected chi connectivity index (χ2v) is 9.38. The van der Waals surface area contributed by atoms with Crippen LogP contribution in [0.5, 0.6) is 5.75 Å². The van der Waals surface area contributed by atoms with Crippen molar-refractivity contribution in [3.8, 4) is 5.75 Å². The second-order valence-electron chi connectivity index (χ2n) is 8.26. The van der Waals surface area contributed by atoms with E-state index in [9.17, 15) is 14.7 Å². The van der Waals surface area contributed by atoms with Gasteiger partial charge in [-0.3, -0.25) is 4.79 Å². The van der Waals surface area contributed by atoms with Crippen LogP contribution in [0.4, 0.5) is 0 Å². The van der Waals surface area contributed by atoms with Crippen molar-refractivity contribution < 1.29 is 14.6 Å². The lowest BCUT2D eigenvalue weighted by Gasteiger charge is -2.32. The van der Waals surface area contributed by atoms with Crippen LogP contribution in [0.2, 0.25) is 0 Å². The number of thioether (sulfide) groups is 1. The first-order valence-corrected chi connectivity index (χ1v) is 11.1. The Morgan fingerprint density at radius 2 is 2.07 bits per heavy atom. The summed E-state index contributed by atoms with van der Waals surface area (Å²) in [4.78, 5) is 29.2. The SMILES string of the molecule is COc1c(C2=CCC3CCN(C)C=C3S2)ccc2c(=O)c(C(=O)O)cn(C3CC3)c12. The van der Waals surface area contributed by atoms with E-state index < -0.39 is 11.4 Å². The first-order valence-electron chi connectivity index (χ1n) is 10.3. The van der Waals surface area contributed by atoms with Crippen LogP contribution >= 0.6 is 11.8 Å². The van der Waals surface area contributed by atoms with Gasteiger partial charge in [0.25, 0.3) is 0 Å². The lowest BCUT2D eigenvalue weighted by Crippen LogP contribution is -2.24. The molecule has 2 aliphatic heterocycles. The highest BCUT2D eigenvalue weighted by atomic mass is 32.2. The minimum atomic E-state index is -1.19. The monoisotopic (exact) mass is 424 g/mol. The summed E-state index contributed by atoms with van der Waals surface area (Å²) in [7, 11) is 3.72. The lowest BCUT2D eigenvalue weighted by atomic mass is 9.96. The van der Waals surface area contributed by atoms with Gasteiger partial charge in [-0.2, -0.15) is 0 Å². The third-order valence-corrected chi connectivity index (χ3v) is 7.46. The zero-order chi connectivity index (χ0) is 21.0. The van der Waals surface area contributed by atoms with Crippen LogP contribution in [-0.4, -0.2) is 41.2 Å². The number of carboxylic acids is 1. The summed E-state index contributed by atoms with van der Waals surface area (Å²) in [6, 6.07) is 3.87. The number of pyridine rings is 1. The van der Waals surface area contributed by atoms with Crippen molar-refractivity contribution in [3.63, 3.8) is 0 Å². The van der Waals surface area contributed by atoms with E-state index in [2.05, 4.69) is 24.2 Å². The van der Waals surface area contributed by atoms with Gasteiger partial charge in [0.1, 0.15) is 5.56 Å². The van der Waals surface area contributed by atoms with Crippen molar-refractivity contribution in [2.75, 3.05) is 20.7 Å². The number of carboxylic acid groups (broad SMARTS) is 1. The van der Waals surface area contributed by atoms with Crippen molar-refractivity contribution >= 4 is 33.5 Å². The maximum Gasteiger partial charge on any atom is 0.341 e. The molecule has 1 aromatic carbocycles. The van der Waals surface area contributed by atoms with E-state index in [4.69, 9.17) is 4.74 Å². The number of carbonyl (C=O) groups is 1. The number of hydrogen-bond acceptors (Lipinski definition) is 5. The normalized spacial score (nSPS) is 21.1. The fraction of sp³-hybridized carbons (Fsp3) is 0.391. The summed E-state index contributed by atoms with van der Waals surface area (Å²) in [6.45, 7) is 1.08. The number of rotatable bonds is 4. The van der Waals surface area contributed by atoms with E-state index in [-0.39, 0.29) is 11.6 Å². The molecule has 1 atom stereocenters. The molecule has 1 fully saturated rings. The molecule has 0 saturated heterocycles. The predicted molar refractivity (Wildman–Crippen MR) is 119 cm³/mol. The summed E-state index contributed by atoms with van der Waals surface area (Å²) < 4.78 is 7.79. The smallest absolute Gasteiger partial charge is 0.341 e. The molecule has 30 heavy (non-hydrogen) atoms. The molecule has 3 aliphatic rings. The summed E-state index contributed by atoms with van der Waals surface area (Å²) in [5.74, 6) is 0.0314. The highest BCUT2D eigenvalue weighted by Gasteiger charge is 2.31. The van der Waals surface area contributed by atoms with E-state index >= 15 is 0 Å². The molecule has 1 aromatic heterocycles. The molecule has 2 aromatic rings. The molecule has 0 radical (unpaired) electrons. The number of aromatic carboxylic acids is 1. The second kappa shape index (κ2) is 7.23. The molecule has 7 heteroatoms. The first kappa shape index (κ1) is 19.3. The van der Waals surface area contributed by atoms with Gasteiger partial charge < -0.3 is 19.3 Å². The minimum absolute atomic E-state index is 0.186. The molecular formula is C23H24N2O4S. The van der Waals surface area contributed by atoms with Gasteiger partial charge in [-0.15, -0.1) is 0 Å². The Labute approximate surface area is 178 Å². The molecule has 3 heterocycles. The number of hydrogen-bond donors (Lipinski definition) is 1. The number of nitrogens with zero attached hydrogens (tertiary/aromatic N) is 2. The average molecular weight is 425 g/mol. The zero-order valence-corrected chi connectivity index (χ0v) is 17.9. The topological polar surface area (TPSA) is 71.8 Å². The van der Waals surface area contributed by atoms with Crippen molar-refractivity contribution in [3.05, 3.63) is 56.9 Å². The molecule has 6 nitrogen and oxygen atoms in total. The fourth-order valence-corrected chi connectivity index (χ4v) is 5.74. The lowest BCUT2D eigenvalue weighted by molar-refractivity contribution is 0.0695. The fourth-order valence-electron chi connectivity index (χ4n) is 4.43. The van der Waals surface area contributed by atoms with E-state index in [1.807, 2.05) is 10.6 Å². The van der Waals surface area contributed by atoms with Crippen LogP contribution in [0.15, 0.2) is 40.3 Å². The van der Waals surface area contributed by atoms with Crippen LogP contribution < -0.4 is 10.2 Å². The number of allylic oxidation sites excluding steroid dienone is 2. The molecule has 0 bridgehead atoms. The first-order chi connectivity index (χ1) is 14.5. The van der Waals surface area contributed by atoms with E-state index in [1.54, 1.807) is 24.9 Å². The number of aromatic nitrogens is 1. The van der Waals surface area contributed by atoms with Crippen LogP contribution in [0.25, 0.3) is 15.8 Å². The van der Waals surface area contributed by atoms with Gasteiger partial charge in [0.05, 0.1) is 18.0 Å². The number of benzene rings is 1. The van der Waals surface area contributed by atoms with Gasteiger partial charge in [-0.25, -0.2) is 4.79 Å². The highest BCUT2D eigenvalue weighted by molar-refractivity contribution is 8.11.